The standard InChI is InChI=1S/C9H16N2O/c1-7(12)6-10-11-8-4-9(5-8)2-3-9/h7,10,12H,2-6H2,1H3. The lowest BCUT2D eigenvalue weighted by Crippen LogP contribution is -2.29. The second-order valence-corrected chi connectivity index (χ2v) is 4.24. The molecule has 2 fully saturated rings. The van der Waals surface area contributed by atoms with Gasteiger partial charge in [0.15, 0.2) is 0 Å². The number of nitrogens with one attached hydrogen (secondary N) is 1. The van der Waals surface area contributed by atoms with E-state index in [1.54, 1.807) is 6.92 Å². The second kappa shape index (κ2) is 2.73. The van der Waals surface area contributed by atoms with Gasteiger partial charge in [0.1, 0.15) is 0 Å². The van der Waals surface area contributed by atoms with E-state index in [-0.39, 0.29) is 6.10 Å². The molecule has 1 spiro atoms. The first kappa shape index (κ1) is 8.05. The maximum atomic E-state index is 8.94. The third kappa shape index (κ3) is 1.61. The van der Waals surface area contributed by atoms with E-state index in [0.29, 0.717) is 12.0 Å². The van der Waals surface area contributed by atoms with E-state index in [4.69, 9.17) is 5.11 Å². The SMILES string of the molecule is CC(O)CNN=C1CC2(CC2)C1. The molecule has 2 saturated carbocycles. The van der Waals surface area contributed by atoms with Crippen LogP contribution in [0.1, 0.15) is 32.6 Å². The molecule has 2 N–H and O–H groups in total. The summed E-state index contributed by atoms with van der Waals surface area (Å²) in [6.45, 7) is 2.33. The number of hydrogen-bond acceptors (Lipinski definition) is 3. The number of hydrazone groups is 1. The van der Waals surface area contributed by atoms with Crippen LogP contribution in [0.4, 0.5) is 0 Å². The van der Waals surface area contributed by atoms with E-state index >= 15 is 0 Å². The Bertz CT molecular complexity index is 197. The molecule has 0 aromatic heterocycles. The van der Waals surface area contributed by atoms with Crippen molar-refractivity contribution in [1.29, 1.82) is 0 Å². The summed E-state index contributed by atoms with van der Waals surface area (Å²) in [5, 5.41) is 13.2. The van der Waals surface area contributed by atoms with Crippen molar-refractivity contribution < 1.29 is 5.11 Å². The molecule has 1 unspecified atom stereocenters. The van der Waals surface area contributed by atoms with Crippen LogP contribution in [0.5, 0.6) is 0 Å². The van der Waals surface area contributed by atoms with E-state index in [0.717, 1.165) is 0 Å². The molecule has 3 heteroatoms. The van der Waals surface area contributed by atoms with Gasteiger partial charge in [-0.05, 0) is 38.0 Å². The molecule has 1 atom stereocenters. The Morgan fingerprint density at radius 2 is 2.25 bits per heavy atom. The third-order valence-corrected chi connectivity index (χ3v) is 2.74. The maximum Gasteiger partial charge on any atom is 0.0701 e. The number of aliphatic hydroxyl groups is 1. The van der Waals surface area contributed by atoms with Crippen molar-refractivity contribution in [2.45, 2.75) is 38.7 Å². The summed E-state index contributed by atoms with van der Waals surface area (Å²) in [4.78, 5) is 0. The first-order valence-corrected chi connectivity index (χ1v) is 4.67. The Labute approximate surface area is 72.9 Å². The summed E-state index contributed by atoms with van der Waals surface area (Å²) in [5.74, 6) is 0. The first-order valence-electron chi connectivity index (χ1n) is 4.67. The molecule has 0 amide bonds. The minimum absolute atomic E-state index is 0.302. The molecule has 0 aromatic rings. The van der Waals surface area contributed by atoms with Crippen molar-refractivity contribution in [2.24, 2.45) is 10.5 Å². The molecular weight excluding hydrogens is 152 g/mol. The highest BCUT2D eigenvalue weighted by molar-refractivity contribution is 5.92. The molecule has 0 bridgehead atoms. The molecule has 0 heterocycles. The lowest BCUT2D eigenvalue weighted by molar-refractivity contribution is 0.192. The Morgan fingerprint density at radius 1 is 1.58 bits per heavy atom. The normalized spacial score (nSPS) is 26.3. The zero-order valence-corrected chi connectivity index (χ0v) is 7.51. The average molecular weight is 168 g/mol. The van der Waals surface area contributed by atoms with Crippen LogP contribution in [-0.2, 0) is 0 Å². The summed E-state index contributed by atoms with van der Waals surface area (Å²) >= 11 is 0. The smallest absolute Gasteiger partial charge is 0.0701 e. The highest BCUT2D eigenvalue weighted by Gasteiger charge is 2.51. The lowest BCUT2D eigenvalue weighted by atomic mass is 9.80. The summed E-state index contributed by atoms with van der Waals surface area (Å²) < 4.78 is 0. The summed E-state index contributed by atoms with van der Waals surface area (Å²) in [5.41, 5.74) is 4.88. The molecule has 2 rings (SSSR count). The van der Waals surface area contributed by atoms with Gasteiger partial charge in [-0.2, -0.15) is 5.10 Å². The van der Waals surface area contributed by atoms with Crippen LogP contribution in [0.2, 0.25) is 0 Å². The topological polar surface area (TPSA) is 44.6 Å². The summed E-state index contributed by atoms with van der Waals surface area (Å²) in [6, 6.07) is 0. The number of nitrogens with zero attached hydrogens (tertiary/aromatic N) is 1. The minimum atomic E-state index is -0.302. The van der Waals surface area contributed by atoms with Gasteiger partial charge >= 0.3 is 0 Å². The molecule has 2 aliphatic carbocycles. The number of hydrogen-bond donors (Lipinski definition) is 2. The predicted octanol–water partition coefficient (Wildman–Crippen LogP) is 0.887. The largest absolute Gasteiger partial charge is 0.392 e. The van der Waals surface area contributed by atoms with Gasteiger partial charge in [0.2, 0.25) is 0 Å². The van der Waals surface area contributed by atoms with E-state index in [1.165, 1.54) is 31.4 Å². The zero-order chi connectivity index (χ0) is 8.60. The summed E-state index contributed by atoms with van der Waals surface area (Å²) in [6.07, 6.45) is 4.90. The Kier molecular flexibility index (Phi) is 1.83. The number of aliphatic hydroxyl groups excluding tert-OH is 1. The van der Waals surface area contributed by atoms with Crippen molar-refractivity contribution >= 4 is 5.71 Å². The van der Waals surface area contributed by atoms with E-state index in [1.807, 2.05) is 0 Å². The predicted molar refractivity (Wildman–Crippen MR) is 48.0 cm³/mol. The third-order valence-electron chi connectivity index (χ3n) is 2.74. The van der Waals surface area contributed by atoms with Gasteiger partial charge in [-0.25, -0.2) is 0 Å². The van der Waals surface area contributed by atoms with Gasteiger partial charge in [0.05, 0.1) is 12.6 Å². The molecule has 0 aromatic carbocycles. The van der Waals surface area contributed by atoms with Crippen molar-refractivity contribution in [1.82, 2.24) is 5.43 Å². The van der Waals surface area contributed by atoms with Gasteiger partial charge in [-0.15, -0.1) is 0 Å². The van der Waals surface area contributed by atoms with E-state index in [2.05, 4.69) is 10.5 Å². The molecule has 2 aliphatic rings. The van der Waals surface area contributed by atoms with Crippen LogP contribution >= 0.6 is 0 Å². The molecule has 0 saturated heterocycles. The summed E-state index contributed by atoms with van der Waals surface area (Å²) in [7, 11) is 0. The van der Waals surface area contributed by atoms with Crippen molar-refractivity contribution in [2.75, 3.05) is 6.54 Å². The first-order chi connectivity index (χ1) is 5.70. The van der Waals surface area contributed by atoms with Crippen molar-refractivity contribution in [3.63, 3.8) is 0 Å². The van der Waals surface area contributed by atoms with Gasteiger partial charge in [0.25, 0.3) is 0 Å². The van der Waals surface area contributed by atoms with Gasteiger partial charge in [-0.1, -0.05) is 0 Å². The highest BCUT2D eigenvalue weighted by Crippen LogP contribution is 2.59. The van der Waals surface area contributed by atoms with Crippen molar-refractivity contribution in [3.05, 3.63) is 0 Å². The second-order valence-electron chi connectivity index (χ2n) is 4.24. The van der Waals surface area contributed by atoms with Crippen LogP contribution in [0.25, 0.3) is 0 Å². The Morgan fingerprint density at radius 3 is 2.75 bits per heavy atom. The fourth-order valence-electron chi connectivity index (χ4n) is 1.71. The van der Waals surface area contributed by atoms with Gasteiger partial charge < -0.3 is 10.5 Å². The molecule has 12 heavy (non-hydrogen) atoms. The zero-order valence-electron chi connectivity index (χ0n) is 7.51. The molecule has 0 radical (unpaired) electrons. The van der Waals surface area contributed by atoms with Gasteiger partial charge in [0, 0.05) is 5.71 Å². The highest BCUT2D eigenvalue weighted by atomic mass is 16.3. The van der Waals surface area contributed by atoms with E-state index in [9.17, 15) is 0 Å². The van der Waals surface area contributed by atoms with Crippen LogP contribution in [-0.4, -0.2) is 23.5 Å². The molecule has 3 nitrogen and oxygen atoms in total. The Balaban J connectivity index is 1.66. The maximum absolute atomic E-state index is 8.94. The average Bonchev–Trinajstić information content (AvgIpc) is 2.64. The van der Waals surface area contributed by atoms with Crippen LogP contribution < -0.4 is 5.43 Å². The monoisotopic (exact) mass is 168 g/mol. The molecule has 0 aliphatic heterocycles. The molecule has 68 valence electrons. The van der Waals surface area contributed by atoms with Crippen LogP contribution in [0, 0.1) is 5.41 Å². The number of rotatable bonds is 3. The Hall–Kier alpha value is -0.570. The quantitative estimate of drug-likeness (QED) is 0.615. The van der Waals surface area contributed by atoms with Crippen molar-refractivity contribution in [3.8, 4) is 0 Å². The fraction of sp³-hybridized carbons (Fsp3) is 0.889. The van der Waals surface area contributed by atoms with Crippen LogP contribution in [0.15, 0.2) is 5.10 Å². The van der Waals surface area contributed by atoms with Crippen LogP contribution in [0.3, 0.4) is 0 Å². The molecular formula is C9H16N2O. The van der Waals surface area contributed by atoms with Gasteiger partial charge in [-0.3, -0.25) is 0 Å². The fourth-order valence-corrected chi connectivity index (χ4v) is 1.71. The lowest BCUT2D eigenvalue weighted by Gasteiger charge is -2.27. The van der Waals surface area contributed by atoms with E-state index < -0.39 is 0 Å². The minimum Gasteiger partial charge on any atom is -0.392 e.